The fraction of sp³-hybridized carbons (Fsp3) is 0. The predicted octanol–water partition coefficient (Wildman–Crippen LogP) is 3.90. The molecule has 106 valence electrons. The number of nitrogens with zero attached hydrogens (tertiary/aromatic N) is 3. The highest BCUT2D eigenvalue weighted by molar-refractivity contribution is 9.10. The average molecular weight is 368 g/mol. The molecular formula is C13H8BrClN4O2. The first-order valence-corrected chi connectivity index (χ1v) is 7.00. The third kappa shape index (κ3) is 2.84. The molecule has 6 nitrogen and oxygen atoms in total. The number of aromatic nitrogens is 3. The van der Waals surface area contributed by atoms with Gasteiger partial charge >= 0.3 is 6.09 Å². The van der Waals surface area contributed by atoms with Gasteiger partial charge in [0.2, 0.25) is 5.78 Å². The fourth-order valence-corrected chi connectivity index (χ4v) is 2.45. The lowest BCUT2D eigenvalue weighted by Gasteiger charge is -2.05. The number of hydrogen-bond acceptors (Lipinski definition) is 3. The molecule has 0 aliphatic carbocycles. The number of anilines is 1. The maximum absolute atomic E-state index is 10.7. The van der Waals surface area contributed by atoms with Gasteiger partial charge < -0.3 is 5.11 Å². The molecule has 3 rings (SSSR count). The molecule has 0 spiro atoms. The van der Waals surface area contributed by atoms with Crippen LogP contribution in [0.1, 0.15) is 0 Å². The van der Waals surface area contributed by atoms with Crippen LogP contribution in [0.3, 0.4) is 0 Å². The summed E-state index contributed by atoms with van der Waals surface area (Å²) < 4.78 is 2.58. The molecule has 0 bridgehead atoms. The number of halogens is 2. The van der Waals surface area contributed by atoms with E-state index < -0.39 is 6.09 Å². The monoisotopic (exact) mass is 366 g/mol. The molecule has 1 aromatic carbocycles. The molecule has 0 atom stereocenters. The number of amides is 1. The molecule has 0 saturated carbocycles. The quantitative estimate of drug-likeness (QED) is 0.720. The SMILES string of the molecule is O=C(O)Nc1ccc(Cl)c(-c2cn3cc(Br)cnc3n2)c1. The van der Waals surface area contributed by atoms with Crippen molar-refractivity contribution in [3.63, 3.8) is 0 Å². The Morgan fingerprint density at radius 3 is 2.95 bits per heavy atom. The van der Waals surface area contributed by atoms with Crippen molar-refractivity contribution in [2.45, 2.75) is 0 Å². The number of hydrogen-bond donors (Lipinski definition) is 2. The summed E-state index contributed by atoms with van der Waals surface area (Å²) in [5.74, 6) is 0.529. The van der Waals surface area contributed by atoms with Crippen molar-refractivity contribution < 1.29 is 9.90 Å². The molecule has 1 amide bonds. The van der Waals surface area contributed by atoms with Crippen LogP contribution in [-0.4, -0.2) is 25.6 Å². The summed E-state index contributed by atoms with van der Waals surface area (Å²) in [6, 6.07) is 4.84. The molecule has 0 unspecified atom stereocenters. The summed E-state index contributed by atoms with van der Waals surface area (Å²) in [6.07, 6.45) is 4.12. The minimum atomic E-state index is -1.14. The van der Waals surface area contributed by atoms with Crippen LogP contribution in [0.4, 0.5) is 10.5 Å². The van der Waals surface area contributed by atoms with E-state index in [9.17, 15) is 4.79 Å². The first-order valence-electron chi connectivity index (χ1n) is 5.83. The fourth-order valence-electron chi connectivity index (χ4n) is 1.91. The van der Waals surface area contributed by atoms with E-state index in [0.29, 0.717) is 27.7 Å². The van der Waals surface area contributed by atoms with Gasteiger partial charge in [0.05, 0.1) is 15.2 Å². The Balaban J connectivity index is 2.10. The van der Waals surface area contributed by atoms with Crippen LogP contribution in [0.5, 0.6) is 0 Å². The van der Waals surface area contributed by atoms with Gasteiger partial charge in [-0.3, -0.25) is 9.72 Å². The van der Waals surface area contributed by atoms with Crippen LogP contribution in [0.15, 0.2) is 41.3 Å². The van der Waals surface area contributed by atoms with E-state index in [1.54, 1.807) is 35.0 Å². The van der Waals surface area contributed by atoms with Crippen molar-refractivity contribution in [3.05, 3.63) is 46.3 Å². The van der Waals surface area contributed by atoms with Crippen molar-refractivity contribution in [2.75, 3.05) is 5.32 Å². The van der Waals surface area contributed by atoms with Crippen molar-refractivity contribution >= 4 is 45.1 Å². The average Bonchev–Trinajstić information content (AvgIpc) is 2.83. The Labute approximate surface area is 132 Å². The molecule has 0 radical (unpaired) electrons. The largest absolute Gasteiger partial charge is 0.465 e. The van der Waals surface area contributed by atoms with Crippen LogP contribution in [0, 0.1) is 0 Å². The standard InChI is InChI=1S/C13H8BrClN4O2/c14-7-4-16-12-18-11(6-19(12)5-7)9-3-8(17-13(20)21)1-2-10(9)15/h1-6,17H,(H,20,21). The summed E-state index contributed by atoms with van der Waals surface area (Å²) in [7, 11) is 0. The highest BCUT2D eigenvalue weighted by Crippen LogP contribution is 2.30. The molecule has 0 saturated heterocycles. The smallest absolute Gasteiger partial charge is 0.409 e. The minimum Gasteiger partial charge on any atom is -0.465 e. The number of imidazole rings is 1. The van der Waals surface area contributed by atoms with Gasteiger partial charge in [-0.05, 0) is 34.1 Å². The summed E-state index contributed by atoms with van der Waals surface area (Å²) in [6.45, 7) is 0. The highest BCUT2D eigenvalue weighted by atomic mass is 79.9. The number of carbonyl (C=O) groups is 1. The Kier molecular flexibility index (Phi) is 3.52. The number of carboxylic acid groups (broad SMARTS) is 1. The second-order valence-corrected chi connectivity index (χ2v) is 5.55. The van der Waals surface area contributed by atoms with E-state index in [-0.39, 0.29) is 0 Å². The summed E-state index contributed by atoms with van der Waals surface area (Å²) in [5.41, 5.74) is 1.66. The predicted molar refractivity (Wildman–Crippen MR) is 82.8 cm³/mol. The molecule has 0 aliphatic rings. The maximum atomic E-state index is 10.7. The maximum Gasteiger partial charge on any atom is 0.409 e. The van der Waals surface area contributed by atoms with Crippen molar-refractivity contribution in [1.29, 1.82) is 0 Å². The van der Waals surface area contributed by atoms with Gasteiger partial charge in [0.15, 0.2) is 0 Å². The van der Waals surface area contributed by atoms with Gasteiger partial charge in [-0.25, -0.2) is 14.8 Å². The van der Waals surface area contributed by atoms with Gasteiger partial charge in [-0.2, -0.15) is 0 Å². The number of benzene rings is 1. The molecule has 3 aromatic rings. The zero-order chi connectivity index (χ0) is 15.0. The van der Waals surface area contributed by atoms with Gasteiger partial charge in [0, 0.05) is 29.8 Å². The van der Waals surface area contributed by atoms with Crippen molar-refractivity contribution in [1.82, 2.24) is 14.4 Å². The van der Waals surface area contributed by atoms with Crippen LogP contribution >= 0.6 is 27.5 Å². The van der Waals surface area contributed by atoms with Gasteiger partial charge in [0.1, 0.15) is 0 Å². The molecule has 21 heavy (non-hydrogen) atoms. The van der Waals surface area contributed by atoms with Crippen LogP contribution in [-0.2, 0) is 0 Å². The molecule has 2 heterocycles. The van der Waals surface area contributed by atoms with Gasteiger partial charge in [-0.1, -0.05) is 11.6 Å². The van der Waals surface area contributed by atoms with E-state index in [0.717, 1.165) is 4.47 Å². The third-order valence-corrected chi connectivity index (χ3v) is 3.51. The second kappa shape index (κ2) is 5.34. The summed E-state index contributed by atoms with van der Waals surface area (Å²) in [4.78, 5) is 19.3. The van der Waals surface area contributed by atoms with Crippen molar-refractivity contribution in [3.8, 4) is 11.3 Å². The molecule has 2 aromatic heterocycles. The van der Waals surface area contributed by atoms with Gasteiger partial charge in [-0.15, -0.1) is 0 Å². The van der Waals surface area contributed by atoms with E-state index in [2.05, 4.69) is 31.2 Å². The molecule has 0 aliphatic heterocycles. The Hall–Kier alpha value is -2.12. The van der Waals surface area contributed by atoms with E-state index in [1.165, 1.54) is 0 Å². The van der Waals surface area contributed by atoms with Crippen molar-refractivity contribution in [2.24, 2.45) is 0 Å². The van der Waals surface area contributed by atoms with E-state index in [1.807, 2.05) is 6.20 Å². The number of rotatable bonds is 2. The number of fused-ring (bicyclic) bond motifs is 1. The molecular weight excluding hydrogens is 360 g/mol. The van der Waals surface area contributed by atoms with Crippen LogP contribution in [0.25, 0.3) is 17.0 Å². The normalized spacial score (nSPS) is 10.8. The van der Waals surface area contributed by atoms with E-state index in [4.69, 9.17) is 16.7 Å². The topological polar surface area (TPSA) is 79.5 Å². The first kappa shape index (κ1) is 13.8. The minimum absolute atomic E-state index is 0.424. The van der Waals surface area contributed by atoms with Gasteiger partial charge in [0.25, 0.3) is 0 Å². The van der Waals surface area contributed by atoms with Crippen LogP contribution < -0.4 is 5.32 Å². The second-order valence-electron chi connectivity index (χ2n) is 4.23. The lowest BCUT2D eigenvalue weighted by atomic mass is 10.1. The summed E-state index contributed by atoms with van der Waals surface area (Å²) in [5, 5.41) is 11.5. The Morgan fingerprint density at radius 1 is 1.38 bits per heavy atom. The van der Waals surface area contributed by atoms with E-state index >= 15 is 0 Å². The molecule has 8 heteroatoms. The lowest BCUT2D eigenvalue weighted by Crippen LogP contribution is -2.07. The zero-order valence-electron chi connectivity index (χ0n) is 10.4. The highest BCUT2D eigenvalue weighted by Gasteiger charge is 2.11. The molecule has 0 fully saturated rings. The zero-order valence-corrected chi connectivity index (χ0v) is 12.8. The molecule has 2 N–H and O–H groups in total. The van der Waals surface area contributed by atoms with Crippen LogP contribution in [0.2, 0.25) is 5.02 Å². The summed E-state index contributed by atoms with van der Waals surface area (Å²) >= 11 is 9.51. The Morgan fingerprint density at radius 2 is 2.19 bits per heavy atom. The third-order valence-electron chi connectivity index (χ3n) is 2.77. The lowest BCUT2D eigenvalue weighted by molar-refractivity contribution is 0.210. The number of nitrogens with one attached hydrogen (secondary N) is 1. The first-order chi connectivity index (χ1) is 10.0. The Bertz CT molecular complexity index is 849.